The minimum atomic E-state index is -4.50. The molecule has 0 radical (unpaired) electrons. The maximum absolute atomic E-state index is 10.9. The zero-order valence-electron chi connectivity index (χ0n) is 16.5. The Morgan fingerprint density at radius 1 is 1.10 bits per heavy atom. The molecular formula is C21H28NO6P. The summed E-state index contributed by atoms with van der Waals surface area (Å²) in [5.41, 5.74) is 7.89. The van der Waals surface area contributed by atoms with Gasteiger partial charge in [-0.25, -0.2) is 4.57 Å². The Morgan fingerprint density at radius 2 is 1.76 bits per heavy atom. The molecule has 0 saturated heterocycles. The zero-order chi connectivity index (χ0) is 20.9. The van der Waals surface area contributed by atoms with Gasteiger partial charge in [-0.2, -0.15) is 0 Å². The fourth-order valence-electron chi connectivity index (χ4n) is 3.70. The molecule has 0 amide bonds. The van der Waals surface area contributed by atoms with Gasteiger partial charge in [0.05, 0.1) is 20.3 Å². The second-order valence-corrected chi connectivity index (χ2v) is 8.82. The van der Waals surface area contributed by atoms with Crippen LogP contribution in [0.25, 0.3) is 0 Å². The normalized spacial score (nSPS) is 21.9. The number of hydrogen-bond acceptors (Lipinski definition) is 5. The molecule has 3 rings (SSSR count). The Hall–Kier alpha value is -1.89. The van der Waals surface area contributed by atoms with Crippen LogP contribution in [0.3, 0.4) is 0 Å². The highest BCUT2D eigenvalue weighted by Crippen LogP contribution is 2.43. The van der Waals surface area contributed by atoms with E-state index in [2.05, 4.69) is 4.52 Å². The largest absolute Gasteiger partial charge is 0.497 e. The van der Waals surface area contributed by atoms with Crippen LogP contribution in [0.2, 0.25) is 0 Å². The van der Waals surface area contributed by atoms with Crippen LogP contribution in [0.1, 0.15) is 36.3 Å². The molecule has 1 aliphatic carbocycles. The Kier molecular flexibility index (Phi) is 6.98. The summed E-state index contributed by atoms with van der Waals surface area (Å²) in [6.07, 6.45) is 2.96. The summed E-state index contributed by atoms with van der Waals surface area (Å²) in [6, 6.07) is 15.9. The van der Waals surface area contributed by atoms with Crippen molar-refractivity contribution in [1.82, 2.24) is 0 Å². The number of phosphoric ester groups is 1. The van der Waals surface area contributed by atoms with Gasteiger partial charge in [-0.1, -0.05) is 24.3 Å². The van der Waals surface area contributed by atoms with Gasteiger partial charge in [-0.3, -0.25) is 4.52 Å². The van der Waals surface area contributed by atoms with Crippen LogP contribution in [0.4, 0.5) is 0 Å². The van der Waals surface area contributed by atoms with E-state index in [9.17, 15) is 4.57 Å². The van der Waals surface area contributed by atoms with Gasteiger partial charge in [-0.05, 0) is 60.6 Å². The minimum Gasteiger partial charge on any atom is -0.497 e. The quantitative estimate of drug-likeness (QED) is 0.532. The van der Waals surface area contributed by atoms with Crippen molar-refractivity contribution < 1.29 is 28.3 Å². The minimum absolute atomic E-state index is 0.139. The molecule has 0 aromatic heterocycles. The predicted octanol–water partition coefficient (Wildman–Crippen LogP) is 3.39. The third kappa shape index (κ3) is 6.56. The topological polar surface area (TPSA) is 111 Å². The predicted molar refractivity (Wildman–Crippen MR) is 110 cm³/mol. The molecule has 1 fully saturated rings. The van der Waals surface area contributed by atoms with Crippen molar-refractivity contribution in [2.24, 2.45) is 5.73 Å². The second-order valence-electron chi connectivity index (χ2n) is 7.58. The number of ether oxygens (including phenoxy) is 2. The Bertz CT molecular complexity index is 835. The Labute approximate surface area is 171 Å². The van der Waals surface area contributed by atoms with Crippen molar-refractivity contribution in [3.8, 4) is 11.5 Å². The van der Waals surface area contributed by atoms with E-state index in [4.69, 9.17) is 25.0 Å². The van der Waals surface area contributed by atoms with E-state index in [0.717, 1.165) is 29.9 Å². The lowest BCUT2D eigenvalue weighted by molar-refractivity contribution is 0.153. The van der Waals surface area contributed by atoms with Crippen molar-refractivity contribution in [3.63, 3.8) is 0 Å². The SMILES string of the molecule is COc1ccc(CCOc2ccc([C@@H]3CC[C@](N)(COP(=O)(O)O)C3)cc2)cc1. The van der Waals surface area contributed by atoms with E-state index < -0.39 is 13.4 Å². The van der Waals surface area contributed by atoms with Gasteiger partial charge in [0.1, 0.15) is 11.5 Å². The highest BCUT2D eigenvalue weighted by atomic mass is 31.2. The Balaban J connectivity index is 1.48. The molecule has 0 aliphatic heterocycles. The summed E-state index contributed by atoms with van der Waals surface area (Å²) in [4.78, 5) is 17.8. The summed E-state index contributed by atoms with van der Waals surface area (Å²) >= 11 is 0. The fraction of sp³-hybridized carbons (Fsp3) is 0.429. The number of benzene rings is 2. The maximum Gasteiger partial charge on any atom is 0.469 e. The zero-order valence-corrected chi connectivity index (χ0v) is 17.4. The summed E-state index contributed by atoms with van der Waals surface area (Å²) in [6.45, 7) is 0.445. The van der Waals surface area contributed by atoms with Crippen LogP contribution < -0.4 is 15.2 Å². The maximum atomic E-state index is 10.9. The van der Waals surface area contributed by atoms with Crippen LogP contribution in [0, 0.1) is 0 Å². The average molecular weight is 421 g/mol. The molecule has 158 valence electrons. The average Bonchev–Trinajstić information content (AvgIpc) is 3.10. The molecule has 1 saturated carbocycles. The molecule has 1 aliphatic rings. The highest BCUT2D eigenvalue weighted by molar-refractivity contribution is 7.46. The van der Waals surface area contributed by atoms with Crippen molar-refractivity contribution in [2.75, 3.05) is 20.3 Å². The first-order chi connectivity index (χ1) is 13.8. The molecule has 7 nitrogen and oxygen atoms in total. The summed E-state index contributed by atoms with van der Waals surface area (Å²) < 4.78 is 26.5. The summed E-state index contributed by atoms with van der Waals surface area (Å²) in [7, 11) is -2.85. The monoisotopic (exact) mass is 421 g/mol. The summed E-state index contributed by atoms with van der Waals surface area (Å²) in [5, 5.41) is 0. The molecule has 2 aromatic carbocycles. The van der Waals surface area contributed by atoms with Gasteiger partial charge >= 0.3 is 7.82 Å². The van der Waals surface area contributed by atoms with Crippen LogP contribution >= 0.6 is 7.82 Å². The molecule has 2 atom stereocenters. The molecule has 0 unspecified atom stereocenters. The van der Waals surface area contributed by atoms with Crippen LogP contribution in [0.5, 0.6) is 11.5 Å². The summed E-state index contributed by atoms with van der Waals surface area (Å²) in [5.74, 6) is 1.89. The van der Waals surface area contributed by atoms with E-state index in [1.165, 1.54) is 5.56 Å². The standard InChI is InChI=1S/C21H28NO6P/c1-26-19-6-2-16(3-7-19)11-13-27-20-8-4-17(5-9-20)18-10-12-21(22,14-18)15-28-29(23,24)25/h2-9,18H,10-15,22H2,1H3,(H2,23,24,25)/t18-,21-/m1/s1. The molecule has 0 heterocycles. The molecule has 29 heavy (non-hydrogen) atoms. The smallest absolute Gasteiger partial charge is 0.469 e. The van der Waals surface area contributed by atoms with E-state index >= 15 is 0 Å². The van der Waals surface area contributed by atoms with E-state index in [-0.39, 0.29) is 12.5 Å². The van der Waals surface area contributed by atoms with Gasteiger partial charge in [0.15, 0.2) is 0 Å². The Morgan fingerprint density at radius 3 is 2.38 bits per heavy atom. The number of nitrogens with two attached hydrogens (primary N) is 1. The van der Waals surface area contributed by atoms with Crippen molar-refractivity contribution in [1.29, 1.82) is 0 Å². The van der Waals surface area contributed by atoms with E-state index in [1.54, 1.807) is 7.11 Å². The van der Waals surface area contributed by atoms with Crippen LogP contribution in [-0.4, -0.2) is 35.6 Å². The molecular weight excluding hydrogens is 393 g/mol. The molecule has 0 spiro atoms. The fourth-order valence-corrected chi connectivity index (χ4v) is 4.13. The first-order valence-electron chi connectivity index (χ1n) is 9.61. The van der Waals surface area contributed by atoms with Crippen LogP contribution in [0.15, 0.2) is 48.5 Å². The third-order valence-corrected chi connectivity index (χ3v) is 5.80. The number of hydrogen-bond donors (Lipinski definition) is 3. The second kappa shape index (κ2) is 9.28. The lowest BCUT2D eigenvalue weighted by atomic mass is 9.94. The van der Waals surface area contributed by atoms with Gasteiger partial charge in [0, 0.05) is 12.0 Å². The van der Waals surface area contributed by atoms with Crippen LogP contribution in [-0.2, 0) is 15.5 Å². The first kappa shape index (κ1) is 21.8. The molecule has 0 bridgehead atoms. The first-order valence-corrected chi connectivity index (χ1v) is 11.1. The highest BCUT2D eigenvalue weighted by Gasteiger charge is 2.38. The molecule has 8 heteroatoms. The van der Waals surface area contributed by atoms with Gasteiger partial charge < -0.3 is 25.0 Å². The number of methoxy groups -OCH3 is 1. The number of phosphoric acid groups is 1. The van der Waals surface area contributed by atoms with Gasteiger partial charge in [0.25, 0.3) is 0 Å². The van der Waals surface area contributed by atoms with Gasteiger partial charge in [-0.15, -0.1) is 0 Å². The molecule has 2 aromatic rings. The lowest BCUT2D eigenvalue weighted by Gasteiger charge is -2.24. The van der Waals surface area contributed by atoms with Crippen molar-refractivity contribution in [3.05, 3.63) is 59.7 Å². The number of rotatable bonds is 9. The van der Waals surface area contributed by atoms with E-state index in [0.29, 0.717) is 19.4 Å². The van der Waals surface area contributed by atoms with Crippen molar-refractivity contribution >= 4 is 7.82 Å². The van der Waals surface area contributed by atoms with Crippen molar-refractivity contribution in [2.45, 2.75) is 37.1 Å². The van der Waals surface area contributed by atoms with Gasteiger partial charge in [0.2, 0.25) is 0 Å². The lowest BCUT2D eigenvalue weighted by Crippen LogP contribution is -2.41. The van der Waals surface area contributed by atoms with E-state index in [1.807, 2.05) is 48.5 Å². The molecule has 4 N–H and O–H groups in total. The third-order valence-electron chi connectivity index (χ3n) is 5.33.